The summed E-state index contributed by atoms with van der Waals surface area (Å²) < 4.78 is 0. The molecule has 0 spiro atoms. The molecule has 0 bridgehead atoms. The van der Waals surface area contributed by atoms with Crippen LogP contribution in [-0.2, 0) is 0 Å². The zero-order valence-corrected chi connectivity index (χ0v) is 17.0. The van der Waals surface area contributed by atoms with Gasteiger partial charge in [0.2, 0.25) is 0 Å². The average Bonchev–Trinajstić information content (AvgIpc) is 2.79. The van der Waals surface area contributed by atoms with Gasteiger partial charge >= 0.3 is 0 Å². The fraction of sp³-hybridized carbons (Fsp3) is 0.308. The molecule has 3 heteroatoms. The second kappa shape index (κ2) is 8.40. The fourth-order valence-electron chi connectivity index (χ4n) is 4.57. The smallest absolute Gasteiger partial charge is 0.0346 e. The van der Waals surface area contributed by atoms with Crippen molar-refractivity contribution in [2.24, 2.45) is 0 Å². The summed E-state index contributed by atoms with van der Waals surface area (Å²) in [6.07, 6.45) is 2.48. The van der Waals surface area contributed by atoms with Gasteiger partial charge in [0, 0.05) is 38.4 Å². The molecule has 5 rings (SSSR count). The van der Waals surface area contributed by atoms with E-state index in [0.717, 1.165) is 19.6 Å². The van der Waals surface area contributed by atoms with Crippen LogP contribution in [0.1, 0.15) is 12.8 Å². The van der Waals surface area contributed by atoms with Gasteiger partial charge in [-0.15, -0.1) is 0 Å². The number of fused-ring (bicyclic) bond motifs is 5. The first-order chi connectivity index (χ1) is 14.4. The number of hydrogen-bond acceptors (Lipinski definition) is 3. The summed E-state index contributed by atoms with van der Waals surface area (Å²) in [6.45, 7) is 6.93. The molecule has 0 radical (unpaired) electrons. The SMILES string of the molecule is c1ccc2c(c1)ccc1c3ccc(NCCCCN4CCNCC4)cc3ccc21. The van der Waals surface area contributed by atoms with Gasteiger partial charge in [0.1, 0.15) is 0 Å². The predicted molar refractivity (Wildman–Crippen MR) is 126 cm³/mol. The van der Waals surface area contributed by atoms with Crippen molar-refractivity contribution < 1.29 is 0 Å². The maximum Gasteiger partial charge on any atom is 0.0346 e. The normalized spacial score (nSPS) is 15.3. The van der Waals surface area contributed by atoms with Crippen molar-refractivity contribution in [3.05, 3.63) is 66.7 Å². The first-order valence-corrected chi connectivity index (χ1v) is 10.9. The molecule has 0 amide bonds. The number of anilines is 1. The molecule has 0 aliphatic carbocycles. The number of nitrogens with zero attached hydrogens (tertiary/aromatic N) is 1. The van der Waals surface area contributed by atoms with Gasteiger partial charge in [0.05, 0.1) is 0 Å². The van der Waals surface area contributed by atoms with Gasteiger partial charge in [-0.1, -0.05) is 54.6 Å². The number of unbranched alkanes of at least 4 members (excludes halogenated alkanes) is 1. The van der Waals surface area contributed by atoms with E-state index in [0.29, 0.717) is 0 Å². The minimum absolute atomic E-state index is 1.04. The van der Waals surface area contributed by atoms with Crippen LogP contribution in [0.25, 0.3) is 32.3 Å². The molecule has 148 valence electrons. The lowest BCUT2D eigenvalue weighted by atomic mass is 9.97. The lowest BCUT2D eigenvalue weighted by molar-refractivity contribution is 0.237. The summed E-state index contributed by atoms with van der Waals surface area (Å²) in [5, 5.41) is 15.0. The summed E-state index contributed by atoms with van der Waals surface area (Å²) >= 11 is 0. The molecule has 4 aromatic rings. The molecular formula is C26H29N3. The summed E-state index contributed by atoms with van der Waals surface area (Å²) in [5.74, 6) is 0. The Labute approximate surface area is 172 Å². The van der Waals surface area contributed by atoms with Crippen LogP contribution >= 0.6 is 0 Å². The van der Waals surface area contributed by atoms with Crippen LogP contribution in [0.5, 0.6) is 0 Å². The van der Waals surface area contributed by atoms with Gasteiger partial charge in [0.15, 0.2) is 0 Å². The Bertz CT molecular complexity index is 1130. The van der Waals surface area contributed by atoms with Crippen molar-refractivity contribution in [3.8, 4) is 0 Å². The number of nitrogens with one attached hydrogen (secondary N) is 2. The third kappa shape index (κ3) is 3.93. The van der Waals surface area contributed by atoms with Crippen molar-refractivity contribution in [1.82, 2.24) is 10.2 Å². The van der Waals surface area contributed by atoms with Crippen LogP contribution in [0.15, 0.2) is 66.7 Å². The zero-order valence-electron chi connectivity index (χ0n) is 17.0. The molecule has 1 aliphatic rings. The minimum atomic E-state index is 1.04. The standard InChI is InChI=1S/C26H29N3/c1-2-6-23-20(5-1)7-10-26-24-12-9-22(19-21(24)8-11-25(23)26)28-13-3-4-16-29-17-14-27-15-18-29/h1-2,5-12,19,27-28H,3-4,13-18H2. The molecule has 0 atom stereocenters. The predicted octanol–water partition coefficient (Wildman–Crippen LogP) is 5.24. The number of hydrogen-bond donors (Lipinski definition) is 2. The molecule has 29 heavy (non-hydrogen) atoms. The molecular weight excluding hydrogens is 354 g/mol. The highest BCUT2D eigenvalue weighted by atomic mass is 15.2. The molecule has 2 N–H and O–H groups in total. The van der Waals surface area contributed by atoms with E-state index in [2.05, 4.69) is 82.3 Å². The number of benzene rings is 4. The average molecular weight is 384 g/mol. The molecule has 1 heterocycles. The Balaban J connectivity index is 1.27. The second-order valence-electron chi connectivity index (χ2n) is 8.11. The first-order valence-electron chi connectivity index (χ1n) is 10.9. The van der Waals surface area contributed by atoms with Crippen molar-refractivity contribution in [3.63, 3.8) is 0 Å². The third-order valence-corrected chi connectivity index (χ3v) is 6.18. The molecule has 1 aliphatic heterocycles. The van der Waals surface area contributed by atoms with E-state index in [4.69, 9.17) is 0 Å². The summed E-state index contributed by atoms with van der Waals surface area (Å²) in [7, 11) is 0. The Hall–Kier alpha value is -2.62. The van der Waals surface area contributed by atoms with E-state index < -0.39 is 0 Å². The highest BCUT2D eigenvalue weighted by Gasteiger charge is 2.08. The van der Waals surface area contributed by atoms with Gasteiger partial charge < -0.3 is 15.5 Å². The van der Waals surface area contributed by atoms with Gasteiger partial charge in [-0.2, -0.15) is 0 Å². The minimum Gasteiger partial charge on any atom is -0.385 e. The third-order valence-electron chi connectivity index (χ3n) is 6.18. The monoisotopic (exact) mass is 383 g/mol. The molecule has 0 unspecified atom stereocenters. The molecule has 3 nitrogen and oxygen atoms in total. The summed E-state index contributed by atoms with van der Waals surface area (Å²) in [4.78, 5) is 2.57. The Morgan fingerprint density at radius 3 is 2.31 bits per heavy atom. The maximum atomic E-state index is 3.62. The maximum absolute atomic E-state index is 3.62. The Morgan fingerprint density at radius 2 is 1.45 bits per heavy atom. The zero-order chi connectivity index (χ0) is 19.5. The molecule has 4 aromatic carbocycles. The summed E-state index contributed by atoms with van der Waals surface area (Å²) in [5.41, 5.74) is 1.22. The quantitative estimate of drug-likeness (QED) is 0.352. The van der Waals surface area contributed by atoms with Crippen LogP contribution in [0.4, 0.5) is 5.69 Å². The first kappa shape index (κ1) is 18.4. The highest BCUT2D eigenvalue weighted by Crippen LogP contribution is 2.32. The number of piperazine rings is 1. The topological polar surface area (TPSA) is 27.3 Å². The van der Waals surface area contributed by atoms with Gasteiger partial charge in [-0.25, -0.2) is 0 Å². The van der Waals surface area contributed by atoms with Gasteiger partial charge in [-0.05, 0) is 63.8 Å². The lowest BCUT2D eigenvalue weighted by Gasteiger charge is -2.27. The van der Waals surface area contributed by atoms with Crippen LogP contribution < -0.4 is 10.6 Å². The molecule has 1 fully saturated rings. The van der Waals surface area contributed by atoms with Crippen molar-refractivity contribution in [2.75, 3.05) is 44.6 Å². The van der Waals surface area contributed by atoms with E-state index >= 15 is 0 Å². The second-order valence-corrected chi connectivity index (χ2v) is 8.11. The van der Waals surface area contributed by atoms with Gasteiger partial charge in [-0.3, -0.25) is 0 Å². The molecule has 1 saturated heterocycles. The van der Waals surface area contributed by atoms with E-state index in [-0.39, 0.29) is 0 Å². The van der Waals surface area contributed by atoms with Crippen molar-refractivity contribution >= 4 is 38.0 Å². The van der Waals surface area contributed by atoms with Gasteiger partial charge in [0.25, 0.3) is 0 Å². The van der Waals surface area contributed by atoms with Crippen LogP contribution in [0.3, 0.4) is 0 Å². The van der Waals surface area contributed by atoms with Crippen LogP contribution in [-0.4, -0.2) is 44.2 Å². The Morgan fingerprint density at radius 1 is 0.724 bits per heavy atom. The Kier molecular flexibility index (Phi) is 5.33. The molecule has 0 aromatic heterocycles. The number of rotatable bonds is 6. The van der Waals surface area contributed by atoms with Crippen molar-refractivity contribution in [1.29, 1.82) is 0 Å². The largest absolute Gasteiger partial charge is 0.385 e. The molecule has 0 saturated carbocycles. The van der Waals surface area contributed by atoms with E-state index in [1.54, 1.807) is 0 Å². The lowest BCUT2D eigenvalue weighted by Crippen LogP contribution is -2.43. The van der Waals surface area contributed by atoms with Crippen LogP contribution in [0.2, 0.25) is 0 Å². The van der Waals surface area contributed by atoms with E-state index in [1.165, 1.54) is 70.5 Å². The van der Waals surface area contributed by atoms with E-state index in [9.17, 15) is 0 Å². The fourth-order valence-corrected chi connectivity index (χ4v) is 4.57. The van der Waals surface area contributed by atoms with Crippen LogP contribution in [0, 0.1) is 0 Å². The van der Waals surface area contributed by atoms with Crippen molar-refractivity contribution in [2.45, 2.75) is 12.8 Å². The highest BCUT2D eigenvalue weighted by molar-refractivity contribution is 6.17. The van der Waals surface area contributed by atoms with E-state index in [1.807, 2.05) is 0 Å². The summed E-state index contributed by atoms with van der Waals surface area (Å²) in [6, 6.07) is 24.5.